The van der Waals surface area contributed by atoms with Crippen LogP contribution in [0.3, 0.4) is 0 Å². The number of anilines is 2. The van der Waals surface area contributed by atoms with Gasteiger partial charge in [-0.25, -0.2) is 10.4 Å². The van der Waals surface area contributed by atoms with Crippen LogP contribution in [0.1, 0.15) is 61.4 Å². The predicted molar refractivity (Wildman–Crippen MR) is 173 cm³/mol. The summed E-state index contributed by atoms with van der Waals surface area (Å²) < 4.78 is 7.65. The maximum atomic E-state index is 12.6. The van der Waals surface area contributed by atoms with Gasteiger partial charge in [0, 0.05) is 22.2 Å². The molecule has 0 aliphatic carbocycles. The van der Waals surface area contributed by atoms with Crippen LogP contribution < -0.4 is 15.5 Å². The van der Waals surface area contributed by atoms with Crippen LogP contribution in [0, 0.1) is 0 Å². The molecule has 40 heavy (non-hydrogen) atoms. The lowest BCUT2D eigenvalue weighted by Gasteiger charge is -2.11. The summed E-state index contributed by atoms with van der Waals surface area (Å²) in [5.74, 6) is 0.488. The quantitative estimate of drug-likeness (QED) is 0.0789. The molecule has 0 radical (unpaired) electrons. The van der Waals surface area contributed by atoms with Crippen LogP contribution in [0.15, 0.2) is 86.2 Å². The summed E-state index contributed by atoms with van der Waals surface area (Å²) in [6, 6.07) is 21.1. The highest BCUT2D eigenvalue weighted by Gasteiger charge is 2.10. The van der Waals surface area contributed by atoms with Gasteiger partial charge in [0.15, 0.2) is 5.13 Å². The Morgan fingerprint density at radius 2 is 1.68 bits per heavy atom. The van der Waals surface area contributed by atoms with Gasteiger partial charge in [-0.2, -0.15) is 5.10 Å². The number of hydrogen-bond acceptors (Lipinski definition) is 6. The molecule has 1 amide bonds. The number of ether oxygens (including phenoxy) is 1. The lowest BCUT2D eigenvalue weighted by Crippen LogP contribution is -2.17. The third-order valence-electron chi connectivity index (χ3n) is 6.12. The van der Waals surface area contributed by atoms with Crippen LogP contribution in [0.4, 0.5) is 10.8 Å². The molecule has 4 aromatic rings. The second-order valence-corrected chi connectivity index (χ2v) is 11.8. The van der Waals surface area contributed by atoms with E-state index < -0.39 is 0 Å². The van der Waals surface area contributed by atoms with Crippen molar-refractivity contribution in [3.05, 3.63) is 92.2 Å². The fourth-order valence-corrected chi connectivity index (χ4v) is 6.17. The number of nitrogens with one attached hydrogen (secondary N) is 2. The number of nitrogens with zero attached hydrogens (tertiary/aromatic N) is 2. The number of aromatic nitrogens is 1. The van der Waals surface area contributed by atoms with Crippen LogP contribution in [-0.4, -0.2) is 23.7 Å². The molecule has 0 bridgehead atoms. The smallest absolute Gasteiger partial charge is 0.271 e. The Morgan fingerprint density at radius 1 is 0.975 bits per heavy atom. The number of para-hydroxylation sites is 1. The molecule has 3 aromatic carbocycles. The molecule has 1 aromatic heterocycles. The van der Waals surface area contributed by atoms with E-state index in [9.17, 15) is 4.79 Å². The average molecular weight is 684 g/mol. The largest absolute Gasteiger partial charge is 0.491 e. The van der Waals surface area contributed by atoms with Crippen molar-refractivity contribution in [2.45, 2.75) is 45.4 Å². The van der Waals surface area contributed by atoms with Gasteiger partial charge in [-0.3, -0.25) is 4.79 Å². The second kappa shape index (κ2) is 15.7. The molecule has 0 aliphatic heterocycles. The summed E-state index contributed by atoms with van der Waals surface area (Å²) in [5, 5.41) is 10.2. The number of rotatable bonds is 14. The first-order valence-electron chi connectivity index (χ1n) is 13.4. The van der Waals surface area contributed by atoms with Crippen molar-refractivity contribution in [3.63, 3.8) is 0 Å². The molecule has 0 atom stereocenters. The van der Waals surface area contributed by atoms with Crippen molar-refractivity contribution in [2.75, 3.05) is 11.9 Å². The zero-order valence-corrected chi connectivity index (χ0v) is 26.3. The summed E-state index contributed by atoms with van der Waals surface area (Å²) in [6.07, 6.45) is 8.93. The van der Waals surface area contributed by atoms with Crippen LogP contribution in [-0.2, 0) is 0 Å². The van der Waals surface area contributed by atoms with Gasteiger partial charge in [-0.15, -0.1) is 11.3 Å². The number of thiazole rings is 1. The molecular formula is C31H32Br2N4O2S. The summed E-state index contributed by atoms with van der Waals surface area (Å²) in [6.45, 7) is 2.91. The van der Waals surface area contributed by atoms with E-state index in [1.807, 2.05) is 60.0 Å². The Balaban J connectivity index is 1.27. The number of unbranched alkanes of at least 4 members (excludes halogenated alkanes) is 5. The molecule has 0 saturated heterocycles. The van der Waals surface area contributed by atoms with Crippen LogP contribution in [0.25, 0.3) is 11.3 Å². The fourth-order valence-electron chi connectivity index (χ4n) is 3.98. The van der Waals surface area contributed by atoms with Gasteiger partial charge in [-0.05, 0) is 80.2 Å². The molecule has 4 rings (SSSR count). The Labute approximate surface area is 256 Å². The van der Waals surface area contributed by atoms with E-state index >= 15 is 0 Å². The molecule has 0 fully saturated rings. The molecule has 0 unspecified atom stereocenters. The van der Waals surface area contributed by atoms with Gasteiger partial charge in [0.05, 0.1) is 27.5 Å². The predicted octanol–water partition coefficient (Wildman–Crippen LogP) is 9.58. The minimum absolute atomic E-state index is 0.287. The van der Waals surface area contributed by atoms with Crippen molar-refractivity contribution < 1.29 is 9.53 Å². The lowest BCUT2D eigenvalue weighted by atomic mass is 10.1. The van der Waals surface area contributed by atoms with E-state index in [4.69, 9.17) is 4.74 Å². The minimum Gasteiger partial charge on any atom is -0.491 e. The van der Waals surface area contributed by atoms with E-state index in [1.54, 1.807) is 18.3 Å². The number of halogens is 2. The average Bonchev–Trinajstić information content (AvgIpc) is 3.43. The molecule has 9 heteroatoms. The number of carbonyl (C=O) groups excluding carboxylic acids is 1. The Morgan fingerprint density at radius 3 is 2.40 bits per heavy atom. The summed E-state index contributed by atoms with van der Waals surface area (Å²) >= 11 is 8.71. The first-order chi connectivity index (χ1) is 19.5. The van der Waals surface area contributed by atoms with Gasteiger partial charge in [0.2, 0.25) is 0 Å². The number of benzene rings is 3. The number of amides is 1. The van der Waals surface area contributed by atoms with Crippen molar-refractivity contribution >= 4 is 66.1 Å². The highest BCUT2D eigenvalue weighted by molar-refractivity contribution is 9.11. The lowest BCUT2D eigenvalue weighted by molar-refractivity contribution is 0.0955. The molecule has 208 valence electrons. The van der Waals surface area contributed by atoms with E-state index in [-0.39, 0.29) is 5.91 Å². The zero-order valence-electron chi connectivity index (χ0n) is 22.3. The van der Waals surface area contributed by atoms with E-state index in [0.717, 1.165) is 48.8 Å². The molecular weight excluding hydrogens is 652 g/mol. The molecule has 2 N–H and O–H groups in total. The van der Waals surface area contributed by atoms with Crippen LogP contribution in [0.2, 0.25) is 0 Å². The third-order valence-corrected chi connectivity index (χ3v) is 8.05. The Bertz CT molecular complexity index is 1390. The number of carbonyl (C=O) groups is 1. The molecule has 6 nitrogen and oxygen atoms in total. The fraction of sp³-hybridized carbons (Fsp3) is 0.258. The number of hydrazone groups is 1. The van der Waals surface area contributed by atoms with Crippen molar-refractivity contribution in [2.24, 2.45) is 5.10 Å². The summed E-state index contributed by atoms with van der Waals surface area (Å²) in [4.78, 5) is 17.3. The highest BCUT2D eigenvalue weighted by Crippen LogP contribution is 2.34. The topological polar surface area (TPSA) is 75.6 Å². The molecule has 0 saturated carbocycles. The molecule has 0 spiro atoms. The maximum Gasteiger partial charge on any atom is 0.271 e. The standard InChI is InChI=1S/C31H32Br2N4O2S/c1-2-3-4-5-6-10-17-39-29-26(32)18-22(19-27(29)33)20-34-37-30(38)24-15-13-23(14-16-24)28-21-40-31(36-28)35-25-11-8-7-9-12-25/h7-9,11-16,18-21H,2-6,10,17H2,1H3,(H,35,36)(H,37,38)/b34-20+. The molecule has 1 heterocycles. The van der Waals surface area contributed by atoms with Crippen LogP contribution >= 0.6 is 43.2 Å². The SMILES string of the molecule is CCCCCCCCOc1c(Br)cc(/C=N/NC(=O)c2ccc(-c3csc(Nc4ccccc4)n3)cc2)cc1Br. The first kappa shape index (κ1) is 30.0. The summed E-state index contributed by atoms with van der Waals surface area (Å²) in [5.41, 5.74) is 6.71. The van der Waals surface area contributed by atoms with Crippen molar-refractivity contribution in [3.8, 4) is 17.0 Å². The Hall–Kier alpha value is -3.01. The van der Waals surface area contributed by atoms with E-state index in [0.29, 0.717) is 12.2 Å². The third kappa shape index (κ3) is 9.01. The second-order valence-electron chi connectivity index (χ2n) is 9.24. The van der Waals surface area contributed by atoms with E-state index in [2.05, 4.69) is 59.6 Å². The van der Waals surface area contributed by atoms with E-state index in [1.165, 1.54) is 43.4 Å². The molecule has 0 aliphatic rings. The zero-order chi connectivity index (χ0) is 28.2. The van der Waals surface area contributed by atoms with Crippen LogP contribution in [0.5, 0.6) is 5.75 Å². The van der Waals surface area contributed by atoms with Crippen molar-refractivity contribution in [1.82, 2.24) is 10.4 Å². The van der Waals surface area contributed by atoms with Crippen molar-refractivity contribution in [1.29, 1.82) is 0 Å². The van der Waals surface area contributed by atoms with Gasteiger partial charge in [0.1, 0.15) is 5.75 Å². The van der Waals surface area contributed by atoms with Gasteiger partial charge >= 0.3 is 0 Å². The van der Waals surface area contributed by atoms with Gasteiger partial charge in [0.25, 0.3) is 5.91 Å². The first-order valence-corrected chi connectivity index (χ1v) is 15.8. The van der Waals surface area contributed by atoms with Gasteiger partial charge in [-0.1, -0.05) is 69.4 Å². The number of hydrogen-bond donors (Lipinski definition) is 2. The Kier molecular flexibility index (Phi) is 11.8. The highest BCUT2D eigenvalue weighted by atomic mass is 79.9. The van der Waals surface area contributed by atoms with Gasteiger partial charge < -0.3 is 10.1 Å². The normalized spacial score (nSPS) is 11.1. The minimum atomic E-state index is -0.287. The summed E-state index contributed by atoms with van der Waals surface area (Å²) in [7, 11) is 0. The monoisotopic (exact) mass is 682 g/mol. The maximum absolute atomic E-state index is 12.6.